The minimum Gasteiger partial charge on any atom is -0.365 e. The standard InChI is InChI=1S/C19H23FN4O/c1-3-4-16-9-18(22-13(2)21-16)23-17-10-19(25)24(12-17)11-14-5-7-15(20)8-6-14/h5-9,17H,3-4,10-12H2,1-2H3,(H,21,22,23)/t17-/m1/s1. The number of aromatic nitrogens is 2. The molecule has 0 unspecified atom stereocenters. The highest BCUT2D eigenvalue weighted by Crippen LogP contribution is 2.19. The van der Waals surface area contributed by atoms with Crippen molar-refractivity contribution in [3.63, 3.8) is 0 Å². The first-order valence-electron chi connectivity index (χ1n) is 8.67. The number of aryl methyl sites for hydroxylation is 2. The molecule has 1 saturated heterocycles. The van der Waals surface area contributed by atoms with Crippen molar-refractivity contribution in [2.75, 3.05) is 11.9 Å². The van der Waals surface area contributed by atoms with Gasteiger partial charge in [0.05, 0.1) is 6.04 Å². The fraction of sp³-hybridized carbons (Fsp3) is 0.421. The van der Waals surface area contributed by atoms with Crippen molar-refractivity contribution in [1.82, 2.24) is 14.9 Å². The van der Waals surface area contributed by atoms with E-state index in [0.29, 0.717) is 19.5 Å². The minimum atomic E-state index is -0.266. The molecule has 0 spiro atoms. The molecule has 0 saturated carbocycles. The molecule has 3 rings (SSSR count). The number of hydrogen-bond donors (Lipinski definition) is 1. The van der Waals surface area contributed by atoms with Gasteiger partial charge in [0.25, 0.3) is 0 Å². The molecular weight excluding hydrogens is 319 g/mol. The van der Waals surface area contributed by atoms with Crippen LogP contribution < -0.4 is 5.32 Å². The van der Waals surface area contributed by atoms with Gasteiger partial charge < -0.3 is 10.2 Å². The number of rotatable bonds is 6. The Balaban J connectivity index is 1.63. The van der Waals surface area contributed by atoms with E-state index in [9.17, 15) is 9.18 Å². The van der Waals surface area contributed by atoms with Crippen molar-refractivity contribution in [2.24, 2.45) is 0 Å². The SMILES string of the molecule is CCCc1cc(N[C@@H]2CC(=O)N(Cc3ccc(F)cc3)C2)nc(C)n1. The fourth-order valence-electron chi connectivity index (χ4n) is 3.13. The van der Waals surface area contributed by atoms with Gasteiger partial charge in [-0.3, -0.25) is 4.79 Å². The summed E-state index contributed by atoms with van der Waals surface area (Å²) in [7, 11) is 0. The Hall–Kier alpha value is -2.50. The van der Waals surface area contributed by atoms with Crippen molar-refractivity contribution in [1.29, 1.82) is 0 Å². The first-order chi connectivity index (χ1) is 12.0. The molecule has 0 radical (unpaired) electrons. The number of nitrogens with zero attached hydrogens (tertiary/aromatic N) is 3. The van der Waals surface area contributed by atoms with Crippen LogP contribution in [0, 0.1) is 12.7 Å². The number of halogens is 1. The lowest BCUT2D eigenvalue weighted by Gasteiger charge is -2.18. The van der Waals surface area contributed by atoms with Crippen LogP contribution in [-0.2, 0) is 17.8 Å². The molecule has 132 valence electrons. The first kappa shape index (κ1) is 17.3. The molecule has 1 amide bonds. The Bertz CT molecular complexity index is 748. The predicted octanol–water partition coefficient (Wildman–Crippen LogP) is 3.09. The molecule has 2 heterocycles. The number of nitrogens with one attached hydrogen (secondary N) is 1. The second-order valence-corrected chi connectivity index (χ2v) is 6.49. The number of anilines is 1. The van der Waals surface area contributed by atoms with E-state index in [1.165, 1.54) is 12.1 Å². The zero-order valence-corrected chi connectivity index (χ0v) is 14.6. The Morgan fingerprint density at radius 1 is 1.28 bits per heavy atom. The maximum Gasteiger partial charge on any atom is 0.225 e. The van der Waals surface area contributed by atoms with Gasteiger partial charge >= 0.3 is 0 Å². The molecule has 0 bridgehead atoms. The number of amides is 1. The maximum absolute atomic E-state index is 13.0. The van der Waals surface area contributed by atoms with Crippen molar-refractivity contribution >= 4 is 11.7 Å². The topological polar surface area (TPSA) is 58.1 Å². The molecule has 6 heteroatoms. The first-order valence-corrected chi connectivity index (χ1v) is 8.67. The normalized spacial score (nSPS) is 17.2. The Kier molecular flexibility index (Phi) is 5.26. The van der Waals surface area contributed by atoms with Gasteiger partial charge in [-0.15, -0.1) is 0 Å². The molecule has 1 atom stereocenters. The van der Waals surface area contributed by atoms with E-state index in [0.717, 1.165) is 35.7 Å². The summed E-state index contributed by atoms with van der Waals surface area (Å²) >= 11 is 0. The summed E-state index contributed by atoms with van der Waals surface area (Å²) in [6.07, 6.45) is 2.38. The van der Waals surface area contributed by atoms with Crippen LogP contribution in [0.25, 0.3) is 0 Å². The van der Waals surface area contributed by atoms with Crippen LogP contribution >= 0.6 is 0 Å². The lowest BCUT2D eigenvalue weighted by Crippen LogP contribution is -2.27. The van der Waals surface area contributed by atoms with E-state index in [1.54, 1.807) is 17.0 Å². The summed E-state index contributed by atoms with van der Waals surface area (Å²) in [4.78, 5) is 22.9. The van der Waals surface area contributed by atoms with E-state index in [4.69, 9.17) is 0 Å². The molecule has 1 aromatic heterocycles. The van der Waals surface area contributed by atoms with Crippen molar-refractivity contribution in [3.05, 3.63) is 53.2 Å². The lowest BCUT2D eigenvalue weighted by atomic mass is 10.2. The van der Waals surface area contributed by atoms with E-state index in [1.807, 2.05) is 13.0 Å². The third kappa shape index (κ3) is 4.53. The summed E-state index contributed by atoms with van der Waals surface area (Å²) in [6, 6.07) is 8.26. The highest BCUT2D eigenvalue weighted by atomic mass is 19.1. The summed E-state index contributed by atoms with van der Waals surface area (Å²) in [5.41, 5.74) is 1.95. The average Bonchev–Trinajstić information content (AvgIpc) is 2.88. The predicted molar refractivity (Wildman–Crippen MR) is 94.6 cm³/mol. The molecule has 0 aliphatic carbocycles. The van der Waals surface area contributed by atoms with Gasteiger partial charge in [-0.2, -0.15) is 0 Å². The smallest absolute Gasteiger partial charge is 0.225 e. The Morgan fingerprint density at radius 3 is 2.76 bits per heavy atom. The molecule has 25 heavy (non-hydrogen) atoms. The van der Waals surface area contributed by atoms with Gasteiger partial charge in [0.15, 0.2) is 0 Å². The second-order valence-electron chi connectivity index (χ2n) is 6.49. The van der Waals surface area contributed by atoms with Crippen LogP contribution in [0.2, 0.25) is 0 Å². The summed E-state index contributed by atoms with van der Waals surface area (Å²) in [5, 5.41) is 3.36. The Labute approximate surface area is 147 Å². The molecule has 1 N–H and O–H groups in total. The highest BCUT2D eigenvalue weighted by Gasteiger charge is 2.29. The molecule has 1 aliphatic heterocycles. The van der Waals surface area contributed by atoms with Crippen molar-refractivity contribution < 1.29 is 9.18 Å². The molecule has 1 fully saturated rings. The monoisotopic (exact) mass is 342 g/mol. The lowest BCUT2D eigenvalue weighted by molar-refractivity contribution is -0.128. The molecule has 1 aliphatic rings. The van der Waals surface area contributed by atoms with E-state index in [-0.39, 0.29) is 17.8 Å². The minimum absolute atomic E-state index is 0.0247. The van der Waals surface area contributed by atoms with E-state index in [2.05, 4.69) is 22.2 Å². The molecule has 1 aromatic carbocycles. The third-order valence-electron chi connectivity index (χ3n) is 4.25. The van der Waals surface area contributed by atoms with Gasteiger partial charge in [0.1, 0.15) is 17.5 Å². The maximum atomic E-state index is 13.0. The Morgan fingerprint density at radius 2 is 2.04 bits per heavy atom. The van der Waals surface area contributed by atoms with E-state index < -0.39 is 0 Å². The quantitative estimate of drug-likeness (QED) is 0.876. The van der Waals surface area contributed by atoms with Gasteiger partial charge in [-0.1, -0.05) is 25.5 Å². The van der Waals surface area contributed by atoms with Crippen LogP contribution in [0.3, 0.4) is 0 Å². The number of likely N-dealkylation sites (tertiary alicyclic amines) is 1. The van der Waals surface area contributed by atoms with Crippen LogP contribution in [0.4, 0.5) is 10.2 Å². The third-order valence-corrected chi connectivity index (χ3v) is 4.25. The van der Waals surface area contributed by atoms with Crippen LogP contribution in [0.15, 0.2) is 30.3 Å². The molecule has 2 aromatic rings. The second kappa shape index (κ2) is 7.59. The van der Waals surface area contributed by atoms with Crippen LogP contribution in [-0.4, -0.2) is 33.4 Å². The summed E-state index contributed by atoms with van der Waals surface area (Å²) < 4.78 is 13.0. The average molecular weight is 342 g/mol. The van der Waals surface area contributed by atoms with E-state index >= 15 is 0 Å². The zero-order valence-electron chi connectivity index (χ0n) is 14.6. The van der Waals surface area contributed by atoms with Gasteiger partial charge in [0.2, 0.25) is 5.91 Å². The molecule has 5 nitrogen and oxygen atoms in total. The van der Waals surface area contributed by atoms with Gasteiger partial charge in [-0.05, 0) is 31.0 Å². The fourth-order valence-corrected chi connectivity index (χ4v) is 3.13. The number of carbonyl (C=O) groups is 1. The molecular formula is C19H23FN4O. The van der Waals surface area contributed by atoms with Crippen LogP contribution in [0.5, 0.6) is 0 Å². The largest absolute Gasteiger partial charge is 0.365 e. The summed E-state index contributed by atoms with van der Waals surface area (Å²) in [5.74, 6) is 1.35. The zero-order chi connectivity index (χ0) is 17.8. The number of carbonyl (C=O) groups excluding carboxylic acids is 1. The summed E-state index contributed by atoms with van der Waals surface area (Å²) in [6.45, 7) is 5.11. The van der Waals surface area contributed by atoms with Gasteiger partial charge in [0, 0.05) is 31.3 Å². The van der Waals surface area contributed by atoms with Crippen molar-refractivity contribution in [3.8, 4) is 0 Å². The van der Waals surface area contributed by atoms with Crippen molar-refractivity contribution in [2.45, 2.75) is 45.7 Å². The number of hydrogen-bond acceptors (Lipinski definition) is 4. The number of benzene rings is 1. The van der Waals surface area contributed by atoms with Crippen LogP contribution in [0.1, 0.15) is 36.8 Å². The highest BCUT2D eigenvalue weighted by molar-refractivity contribution is 5.80. The van der Waals surface area contributed by atoms with Gasteiger partial charge in [-0.25, -0.2) is 14.4 Å².